The summed E-state index contributed by atoms with van der Waals surface area (Å²) in [6.07, 6.45) is 1.42. The first-order valence-electron chi connectivity index (χ1n) is 3.42. The van der Waals surface area contributed by atoms with Crippen molar-refractivity contribution in [2.45, 2.75) is 0 Å². The zero-order chi connectivity index (χ0) is 8.55. The summed E-state index contributed by atoms with van der Waals surface area (Å²) in [7, 11) is 1.75. The lowest BCUT2D eigenvalue weighted by atomic mass is 10.5. The molecule has 0 spiro atoms. The van der Waals surface area contributed by atoms with Crippen LogP contribution in [0.25, 0.3) is 5.65 Å². The summed E-state index contributed by atoms with van der Waals surface area (Å²) in [6.45, 7) is 0. The summed E-state index contributed by atoms with van der Waals surface area (Å²) < 4.78 is 1.33. The van der Waals surface area contributed by atoms with E-state index in [2.05, 4.69) is 20.5 Å². The molecule has 0 aromatic carbocycles. The van der Waals surface area contributed by atoms with Crippen LogP contribution in [0.3, 0.4) is 0 Å². The minimum absolute atomic E-state index is 0.278. The molecular weight excluding hydrogens is 158 g/mol. The van der Waals surface area contributed by atoms with Crippen LogP contribution in [-0.4, -0.2) is 26.6 Å². The lowest BCUT2D eigenvalue weighted by molar-refractivity contribution is 0.997. The molecule has 0 aliphatic rings. The Labute approximate surface area is 67.3 Å². The number of aromatic nitrogens is 4. The highest BCUT2D eigenvalue weighted by molar-refractivity contribution is 5.47. The van der Waals surface area contributed by atoms with Gasteiger partial charge in [0.25, 0.3) is 0 Å². The summed E-state index contributed by atoms with van der Waals surface area (Å²) in [5.41, 5.74) is 0.277. The van der Waals surface area contributed by atoms with E-state index in [1.165, 1.54) is 10.7 Å². The molecule has 6 nitrogen and oxygen atoms in total. The van der Waals surface area contributed by atoms with Gasteiger partial charge in [-0.3, -0.25) is 0 Å². The second-order valence-corrected chi connectivity index (χ2v) is 2.28. The number of hydrogen-bond acceptors (Lipinski definition) is 4. The minimum Gasteiger partial charge on any atom is -0.373 e. The van der Waals surface area contributed by atoms with E-state index in [4.69, 9.17) is 0 Å². The zero-order valence-corrected chi connectivity index (χ0v) is 6.40. The van der Waals surface area contributed by atoms with E-state index in [-0.39, 0.29) is 5.69 Å². The number of nitrogens with zero attached hydrogens (tertiary/aromatic N) is 3. The van der Waals surface area contributed by atoms with Crippen molar-refractivity contribution in [3.63, 3.8) is 0 Å². The SMILES string of the molecule is CNc1cc2n[nH]c(=O)n2cn1. The van der Waals surface area contributed by atoms with Crippen LogP contribution < -0.4 is 11.0 Å². The first-order valence-corrected chi connectivity index (χ1v) is 3.42. The molecule has 2 aromatic rings. The van der Waals surface area contributed by atoms with Crippen LogP contribution in [0.5, 0.6) is 0 Å². The molecule has 0 fully saturated rings. The maximum absolute atomic E-state index is 11.0. The van der Waals surface area contributed by atoms with Crippen LogP contribution >= 0.6 is 0 Å². The van der Waals surface area contributed by atoms with Crippen LogP contribution in [0, 0.1) is 0 Å². The van der Waals surface area contributed by atoms with Gasteiger partial charge in [0.05, 0.1) is 0 Å². The molecule has 2 rings (SSSR count). The van der Waals surface area contributed by atoms with Gasteiger partial charge in [0.15, 0.2) is 5.65 Å². The number of H-pyrrole nitrogens is 1. The predicted molar refractivity (Wildman–Crippen MR) is 43.2 cm³/mol. The lowest BCUT2D eigenvalue weighted by Gasteiger charge is -1.96. The third-order valence-corrected chi connectivity index (χ3v) is 1.57. The van der Waals surface area contributed by atoms with Crippen LogP contribution in [0.1, 0.15) is 0 Å². The van der Waals surface area contributed by atoms with Crippen LogP contribution in [0.2, 0.25) is 0 Å². The van der Waals surface area contributed by atoms with Gasteiger partial charge in [0.1, 0.15) is 12.1 Å². The van der Waals surface area contributed by atoms with Crippen LogP contribution in [0.4, 0.5) is 5.82 Å². The van der Waals surface area contributed by atoms with E-state index < -0.39 is 0 Å². The fraction of sp³-hybridized carbons (Fsp3) is 0.167. The minimum atomic E-state index is -0.278. The quantitative estimate of drug-likeness (QED) is 0.595. The fourth-order valence-electron chi connectivity index (χ4n) is 0.946. The number of anilines is 1. The molecule has 0 saturated carbocycles. The average molecular weight is 165 g/mol. The summed E-state index contributed by atoms with van der Waals surface area (Å²) in [6, 6.07) is 1.68. The Morgan fingerprint density at radius 2 is 2.50 bits per heavy atom. The first kappa shape index (κ1) is 6.84. The Morgan fingerprint density at radius 1 is 1.67 bits per heavy atom. The average Bonchev–Trinajstić information content (AvgIpc) is 2.47. The van der Waals surface area contributed by atoms with Crippen molar-refractivity contribution in [3.05, 3.63) is 22.9 Å². The van der Waals surface area contributed by atoms with Crippen molar-refractivity contribution in [2.75, 3.05) is 12.4 Å². The molecule has 0 saturated heterocycles. The van der Waals surface area contributed by atoms with E-state index in [0.29, 0.717) is 11.5 Å². The fourth-order valence-corrected chi connectivity index (χ4v) is 0.946. The third kappa shape index (κ3) is 0.849. The second-order valence-electron chi connectivity index (χ2n) is 2.28. The van der Waals surface area contributed by atoms with Gasteiger partial charge >= 0.3 is 5.69 Å². The van der Waals surface area contributed by atoms with E-state index in [1.807, 2.05) is 0 Å². The molecular formula is C6H7N5O. The highest BCUT2D eigenvalue weighted by atomic mass is 16.1. The number of hydrogen-bond donors (Lipinski definition) is 2. The van der Waals surface area contributed by atoms with Gasteiger partial charge < -0.3 is 5.32 Å². The van der Waals surface area contributed by atoms with Crippen molar-refractivity contribution in [2.24, 2.45) is 0 Å². The Balaban J connectivity index is 2.77. The van der Waals surface area contributed by atoms with Gasteiger partial charge in [0, 0.05) is 13.1 Å². The highest BCUT2D eigenvalue weighted by Crippen LogP contribution is 2.01. The Kier molecular flexibility index (Phi) is 1.33. The Bertz CT molecular complexity index is 456. The monoisotopic (exact) mass is 165 g/mol. The van der Waals surface area contributed by atoms with Gasteiger partial charge in [-0.25, -0.2) is 19.3 Å². The molecule has 6 heteroatoms. The molecule has 0 aliphatic carbocycles. The normalized spacial score (nSPS) is 10.4. The molecule has 62 valence electrons. The number of nitrogens with one attached hydrogen (secondary N) is 2. The molecule has 12 heavy (non-hydrogen) atoms. The molecule has 0 radical (unpaired) electrons. The summed E-state index contributed by atoms with van der Waals surface area (Å²) >= 11 is 0. The molecule has 2 N–H and O–H groups in total. The third-order valence-electron chi connectivity index (χ3n) is 1.57. The topological polar surface area (TPSA) is 75.1 Å². The summed E-state index contributed by atoms with van der Waals surface area (Å²) in [4.78, 5) is 14.9. The lowest BCUT2D eigenvalue weighted by Crippen LogP contribution is -2.09. The maximum Gasteiger partial charge on any atom is 0.348 e. The van der Waals surface area contributed by atoms with E-state index in [1.54, 1.807) is 13.1 Å². The van der Waals surface area contributed by atoms with Crippen molar-refractivity contribution >= 4 is 11.5 Å². The smallest absolute Gasteiger partial charge is 0.348 e. The summed E-state index contributed by atoms with van der Waals surface area (Å²) in [5.74, 6) is 0.682. The van der Waals surface area contributed by atoms with Crippen molar-refractivity contribution in [1.82, 2.24) is 19.6 Å². The predicted octanol–water partition coefficient (Wildman–Crippen LogP) is -0.541. The van der Waals surface area contributed by atoms with E-state index in [0.717, 1.165) is 0 Å². The Morgan fingerprint density at radius 3 is 3.25 bits per heavy atom. The van der Waals surface area contributed by atoms with Gasteiger partial charge in [-0.15, -0.1) is 0 Å². The standard InChI is InChI=1S/C6H7N5O/c1-7-4-2-5-9-10-6(12)11(5)3-8-4/h2-3,7H,1H3,(H,10,12). The zero-order valence-electron chi connectivity index (χ0n) is 6.40. The van der Waals surface area contributed by atoms with E-state index in [9.17, 15) is 4.79 Å². The number of fused-ring (bicyclic) bond motifs is 1. The van der Waals surface area contributed by atoms with Gasteiger partial charge in [0.2, 0.25) is 0 Å². The van der Waals surface area contributed by atoms with Crippen molar-refractivity contribution < 1.29 is 0 Å². The molecule has 0 bridgehead atoms. The Hall–Kier alpha value is -1.85. The maximum atomic E-state index is 11.0. The van der Waals surface area contributed by atoms with Gasteiger partial charge in [-0.1, -0.05) is 0 Å². The molecule has 0 unspecified atom stereocenters. The molecule has 0 amide bonds. The second kappa shape index (κ2) is 2.33. The molecule has 0 atom stereocenters. The van der Waals surface area contributed by atoms with Crippen molar-refractivity contribution in [3.8, 4) is 0 Å². The summed E-state index contributed by atoms with van der Waals surface area (Å²) in [5, 5.41) is 8.94. The molecule has 0 aliphatic heterocycles. The first-order chi connectivity index (χ1) is 5.81. The molecule has 2 heterocycles. The van der Waals surface area contributed by atoms with Gasteiger partial charge in [-0.2, -0.15) is 5.10 Å². The van der Waals surface area contributed by atoms with E-state index >= 15 is 0 Å². The molecule has 2 aromatic heterocycles. The number of rotatable bonds is 1. The van der Waals surface area contributed by atoms with Crippen molar-refractivity contribution in [1.29, 1.82) is 0 Å². The largest absolute Gasteiger partial charge is 0.373 e. The number of aromatic amines is 1. The van der Waals surface area contributed by atoms with Gasteiger partial charge in [-0.05, 0) is 0 Å². The van der Waals surface area contributed by atoms with Crippen LogP contribution in [0.15, 0.2) is 17.2 Å². The van der Waals surface area contributed by atoms with Crippen LogP contribution in [-0.2, 0) is 0 Å². The highest BCUT2D eigenvalue weighted by Gasteiger charge is 1.99.